The van der Waals surface area contributed by atoms with Crippen LogP contribution >= 0.6 is 11.3 Å². The van der Waals surface area contributed by atoms with Crippen LogP contribution < -0.4 is 20.5 Å². The molecule has 0 saturated carbocycles. The first-order chi connectivity index (χ1) is 12.6. The number of halogens is 1. The number of morpholine rings is 1. The zero-order valence-corrected chi connectivity index (χ0v) is 14.6. The van der Waals surface area contributed by atoms with E-state index in [1.54, 1.807) is 5.38 Å². The number of hydrogen-bond acceptors (Lipinski definition) is 7. The Balaban J connectivity index is 1.44. The van der Waals surface area contributed by atoms with Gasteiger partial charge in [-0.05, 0) is 12.1 Å². The van der Waals surface area contributed by atoms with Crippen molar-refractivity contribution in [2.75, 3.05) is 37.8 Å². The second-order valence-corrected chi connectivity index (χ2v) is 6.20. The summed E-state index contributed by atoms with van der Waals surface area (Å²) in [4.78, 5) is 30.1. The second-order valence-electron chi connectivity index (χ2n) is 5.36. The molecule has 1 fully saturated rings. The minimum atomic E-state index is -0.578. The minimum Gasteiger partial charge on any atom is -0.484 e. The third-order valence-electron chi connectivity index (χ3n) is 3.49. The Morgan fingerprint density at radius 1 is 1.31 bits per heavy atom. The lowest BCUT2D eigenvalue weighted by molar-refractivity contribution is -0.123. The monoisotopic (exact) mass is 380 g/mol. The highest BCUT2D eigenvalue weighted by Crippen LogP contribution is 2.21. The van der Waals surface area contributed by atoms with E-state index in [1.807, 2.05) is 4.90 Å². The first kappa shape index (κ1) is 18.1. The molecule has 3 rings (SSSR count). The first-order valence-electron chi connectivity index (χ1n) is 7.87. The Kier molecular flexibility index (Phi) is 5.97. The number of nitrogens with one attached hydrogen (secondary N) is 2. The molecule has 8 nitrogen and oxygen atoms in total. The number of aromatic nitrogens is 1. The topological polar surface area (TPSA) is 92.8 Å². The quantitative estimate of drug-likeness (QED) is 0.751. The number of rotatable bonds is 5. The summed E-state index contributed by atoms with van der Waals surface area (Å²) in [7, 11) is 0. The van der Waals surface area contributed by atoms with Crippen molar-refractivity contribution in [2.45, 2.75) is 0 Å². The first-order valence-corrected chi connectivity index (χ1v) is 8.75. The summed E-state index contributed by atoms with van der Waals surface area (Å²) < 4.78 is 23.4. The van der Waals surface area contributed by atoms with Gasteiger partial charge in [0.15, 0.2) is 11.7 Å². The van der Waals surface area contributed by atoms with Gasteiger partial charge in [0, 0.05) is 24.5 Å². The van der Waals surface area contributed by atoms with Crippen LogP contribution in [-0.2, 0) is 9.53 Å². The molecule has 1 aromatic carbocycles. The van der Waals surface area contributed by atoms with E-state index in [1.165, 1.54) is 29.5 Å². The smallest absolute Gasteiger partial charge is 0.289 e. The van der Waals surface area contributed by atoms with Crippen molar-refractivity contribution in [3.05, 3.63) is 41.2 Å². The Labute approximate surface area is 152 Å². The molecule has 1 aliphatic rings. The van der Waals surface area contributed by atoms with Crippen LogP contribution in [0.4, 0.5) is 9.52 Å². The molecule has 2 N–H and O–H groups in total. The predicted octanol–water partition coefficient (Wildman–Crippen LogP) is 0.959. The Morgan fingerprint density at radius 2 is 2.12 bits per heavy atom. The Morgan fingerprint density at radius 3 is 2.88 bits per heavy atom. The van der Waals surface area contributed by atoms with Gasteiger partial charge in [-0.15, -0.1) is 11.3 Å². The Bertz CT molecular complexity index is 779. The van der Waals surface area contributed by atoms with Crippen LogP contribution in [0, 0.1) is 5.82 Å². The summed E-state index contributed by atoms with van der Waals surface area (Å²) in [5.74, 6) is -1.34. The van der Waals surface area contributed by atoms with Crippen LogP contribution in [0.15, 0.2) is 29.6 Å². The molecule has 26 heavy (non-hydrogen) atoms. The third-order valence-corrected chi connectivity index (χ3v) is 4.39. The maximum Gasteiger partial charge on any atom is 0.289 e. The summed E-state index contributed by atoms with van der Waals surface area (Å²) >= 11 is 1.35. The fraction of sp³-hybridized carbons (Fsp3) is 0.312. The van der Waals surface area contributed by atoms with Gasteiger partial charge in [0.1, 0.15) is 17.3 Å². The van der Waals surface area contributed by atoms with Gasteiger partial charge in [0.05, 0.1) is 13.2 Å². The summed E-state index contributed by atoms with van der Waals surface area (Å²) in [6, 6.07) is 5.43. The molecule has 0 spiro atoms. The molecule has 10 heteroatoms. The zero-order valence-electron chi connectivity index (χ0n) is 13.7. The van der Waals surface area contributed by atoms with Crippen molar-refractivity contribution < 1.29 is 23.5 Å². The normalized spacial score (nSPS) is 14.0. The molecule has 0 aliphatic carbocycles. The minimum absolute atomic E-state index is 0.211. The fourth-order valence-electron chi connectivity index (χ4n) is 2.20. The second kappa shape index (κ2) is 8.59. The van der Waals surface area contributed by atoms with Gasteiger partial charge in [0.25, 0.3) is 11.8 Å². The van der Waals surface area contributed by atoms with Crippen LogP contribution in [0.3, 0.4) is 0 Å². The van der Waals surface area contributed by atoms with Crippen LogP contribution in [0.25, 0.3) is 0 Å². The van der Waals surface area contributed by atoms with Gasteiger partial charge < -0.3 is 14.4 Å². The van der Waals surface area contributed by atoms with Gasteiger partial charge in [0.2, 0.25) is 0 Å². The van der Waals surface area contributed by atoms with Crippen LogP contribution in [0.5, 0.6) is 5.75 Å². The number of amides is 2. The van der Waals surface area contributed by atoms with E-state index < -0.39 is 17.6 Å². The number of ether oxygens (including phenoxy) is 2. The standard InChI is InChI=1S/C16H17FN4O4S/c17-11-2-1-3-12(8-11)25-9-14(22)19-20-15(23)13-10-26-16(18-13)21-4-6-24-7-5-21/h1-3,8,10H,4-7,9H2,(H,19,22)(H,20,23). The zero-order chi connectivity index (χ0) is 18.4. The number of carbonyl (C=O) groups is 2. The van der Waals surface area contributed by atoms with Crippen LogP contribution in [0.2, 0.25) is 0 Å². The van der Waals surface area contributed by atoms with E-state index in [4.69, 9.17) is 9.47 Å². The number of anilines is 1. The lowest BCUT2D eigenvalue weighted by Gasteiger charge is -2.25. The predicted molar refractivity (Wildman–Crippen MR) is 92.6 cm³/mol. The van der Waals surface area contributed by atoms with Crippen molar-refractivity contribution in [1.29, 1.82) is 0 Å². The highest BCUT2D eigenvalue weighted by atomic mass is 32.1. The number of thiazole rings is 1. The molecule has 0 bridgehead atoms. The lowest BCUT2D eigenvalue weighted by atomic mass is 10.3. The molecular weight excluding hydrogens is 363 g/mol. The molecule has 1 saturated heterocycles. The average Bonchev–Trinajstić information content (AvgIpc) is 3.15. The van der Waals surface area contributed by atoms with Crippen molar-refractivity contribution in [2.24, 2.45) is 0 Å². The van der Waals surface area contributed by atoms with E-state index in [0.717, 1.165) is 24.3 Å². The molecule has 0 atom stereocenters. The molecule has 1 aliphatic heterocycles. The lowest BCUT2D eigenvalue weighted by Crippen LogP contribution is -2.44. The summed E-state index contributed by atoms with van der Waals surface area (Å²) in [6.45, 7) is 2.34. The van der Waals surface area contributed by atoms with E-state index in [0.29, 0.717) is 13.2 Å². The van der Waals surface area contributed by atoms with Gasteiger partial charge in [-0.3, -0.25) is 20.4 Å². The van der Waals surface area contributed by atoms with Crippen molar-refractivity contribution in [3.63, 3.8) is 0 Å². The Hall–Kier alpha value is -2.72. The largest absolute Gasteiger partial charge is 0.484 e. The molecule has 0 radical (unpaired) electrons. The van der Waals surface area contributed by atoms with Gasteiger partial charge in [-0.25, -0.2) is 9.37 Å². The molecule has 2 amide bonds. The van der Waals surface area contributed by atoms with E-state index in [9.17, 15) is 14.0 Å². The number of hydrogen-bond donors (Lipinski definition) is 2. The van der Waals surface area contributed by atoms with Gasteiger partial charge in [-0.2, -0.15) is 0 Å². The molecule has 1 aromatic heterocycles. The average molecular weight is 380 g/mol. The fourth-order valence-corrected chi connectivity index (χ4v) is 3.06. The number of carbonyl (C=O) groups excluding carboxylic acids is 2. The maximum atomic E-state index is 13.0. The highest BCUT2D eigenvalue weighted by molar-refractivity contribution is 7.13. The van der Waals surface area contributed by atoms with Crippen LogP contribution in [-0.4, -0.2) is 49.7 Å². The van der Waals surface area contributed by atoms with Crippen molar-refractivity contribution >= 4 is 28.3 Å². The summed E-state index contributed by atoms with van der Waals surface area (Å²) in [6.07, 6.45) is 0. The summed E-state index contributed by atoms with van der Waals surface area (Å²) in [5.41, 5.74) is 4.71. The van der Waals surface area contributed by atoms with Gasteiger partial charge >= 0.3 is 0 Å². The van der Waals surface area contributed by atoms with Crippen molar-refractivity contribution in [1.82, 2.24) is 15.8 Å². The number of benzene rings is 1. The molecule has 2 heterocycles. The number of nitrogens with zero attached hydrogens (tertiary/aromatic N) is 2. The molecular formula is C16H17FN4O4S. The molecule has 2 aromatic rings. The molecule has 0 unspecified atom stereocenters. The van der Waals surface area contributed by atoms with E-state index in [2.05, 4.69) is 15.8 Å². The highest BCUT2D eigenvalue weighted by Gasteiger charge is 2.17. The van der Waals surface area contributed by atoms with E-state index in [-0.39, 0.29) is 18.1 Å². The summed E-state index contributed by atoms with van der Waals surface area (Å²) in [5, 5.41) is 2.36. The third kappa shape index (κ3) is 4.90. The molecule has 138 valence electrons. The maximum absolute atomic E-state index is 13.0. The SMILES string of the molecule is O=C(COc1cccc(F)c1)NNC(=O)c1csc(N2CCOCC2)n1. The van der Waals surface area contributed by atoms with Gasteiger partial charge in [-0.1, -0.05) is 6.07 Å². The van der Waals surface area contributed by atoms with Crippen molar-refractivity contribution in [3.8, 4) is 5.75 Å². The number of hydrazine groups is 1. The van der Waals surface area contributed by atoms with Crippen LogP contribution in [0.1, 0.15) is 10.5 Å². The van der Waals surface area contributed by atoms with E-state index >= 15 is 0 Å².